The molecule has 1 amide bonds. The van der Waals surface area contributed by atoms with Gasteiger partial charge in [0.1, 0.15) is 12.4 Å². The van der Waals surface area contributed by atoms with Crippen molar-refractivity contribution in [2.45, 2.75) is 19.6 Å². The fraction of sp³-hybridized carbons (Fsp3) is 0.333. The van der Waals surface area contributed by atoms with Gasteiger partial charge in [0.25, 0.3) is 0 Å². The molecule has 0 radical (unpaired) electrons. The number of nitrogens with zero attached hydrogens (tertiary/aromatic N) is 4. The van der Waals surface area contributed by atoms with E-state index in [1.807, 2.05) is 0 Å². The number of alkyl halides is 3. The Morgan fingerprint density at radius 3 is 2.79 bits per heavy atom. The Bertz CT molecular complexity index is 587. The Balaban J connectivity index is 1.97. The quantitative estimate of drug-likeness (QED) is 0.872. The summed E-state index contributed by atoms with van der Waals surface area (Å²) in [6.45, 7) is 1.29. The summed E-state index contributed by atoms with van der Waals surface area (Å²) < 4.78 is 37.7. The van der Waals surface area contributed by atoms with Gasteiger partial charge in [-0.3, -0.25) is 19.9 Å². The van der Waals surface area contributed by atoms with E-state index < -0.39 is 17.8 Å². The number of amides is 1. The molecule has 0 saturated carbocycles. The molecule has 0 saturated heterocycles. The summed E-state index contributed by atoms with van der Waals surface area (Å²) in [7, 11) is 0. The lowest BCUT2D eigenvalue weighted by molar-refractivity contribution is -0.141. The average molecular weight is 274 g/mol. The molecule has 0 aliphatic heterocycles. The molecule has 2 N–H and O–H groups in total. The second-order valence-corrected chi connectivity index (χ2v) is 3.69. The lowest BCUT2D eigenvalue weighted by atomic mass is 10.4. The topological polar surface area (TPSA) is 88.5 Å². The van der Waals surface area contributed by atoms with Gasteiger partial charge >= 0.3 is 6.18 Å². The van der Waals surface area contributed by atoms with Gasteiger partial charge in [0.2, 0.25) is 11.9 Å². The fourth-order valence-electron chi connectivity index (χ4n) is 1.31. The zero-order chi connectivity index (χ0) is 14.0. The maximum absolute atomic E-state index is 12.3. The van der Waals surface area contributed by atoms with E-state index in [2.05, 4.69) is 25.6 Å². The SMILES string of the molecule is Cc1nc(NC(=O)Cn2ccc(C(F)(F)F)n2)n[nH]1. The first-order chi connectivity index (χ1) is 8.84. The third-order valence-electron chi connectivity index (χ3n) is 2.09. The molecule has 0 fully saturated rings. The highest BCUT2D eigenvalue weighted by Gasteiger charge is 2.33. The number of rotatable bonds is 3. The van der Waals surface area contributed by atoms with E-state index in [0.29, 0.717) is 5.82 Å². The summed E-state index contributed by atoms with van der Waals surface area (Å²) in [5.41, 5.74) is -1.05. The molecular weight excluding hydrogens is 265 g/mol. The van der Waals surface area contributed by atoms with E-state index in [4.69, 9.17) is 0 Å². The van der Waals surface area contributed by atoms with Crippen molar-refractivity contribution >= 4 is 11.9 Å². The van der Waals surface area contributed by atoms with Crippen molar-refractivity contribution in [3.8, 4) is 0 Å². The minimum Gasteiger partial charge on any atom is -0.292 e. The zero-order valence-corrected chi connectivity index (χ0v) is 9.69. The van der Waals surface area contributed by atoms with Crippen LogP contribution < -0.4 is 5.32 Å². The van der Waals surface area contributed by atoms with Gasteiger partial charge < -0.3 is 0 Å². The number of H-pyrrole nitrogens is 1. The minimum absolute atomic E-state index is 0.0608. The van der Waals surface area contributed by atoms with Crippen LogP contribution >= 0.6 is 0 Å². The molecule has 0 atom stereocenters. The summed E-state index contributed by atoms with van der Waals surface area (Å²) in [6, 6.07) is 0.796. The molecule has 2 rings (SSSR count). The third kappa shape index (κ3) is 3.30. The number of nitrogens with one attached hydrogen (secondary N) is 2. The monoisotopic (exact) mass is 274 g/mol. The molecule has 7 nitrogen and oxygen atoms in total. The predicted molar refractivity (Wildman–Crippen MR) is 57.0 cm³/mol. The van der Waals surface area contributed by atoms with Crippen LogP contribution in [-0.4, -0.2) is 30.9 Å². The van der Waals surface area contributed by atoms with Gasteiger partial charge in [-0.2, -0.15) is 23.3 Å². The van der Waals surface area contributed by atoms with Gasteiger partial charge in [-0.1, -0.05) is 0 Å². The van der Waals surface area contributed by atoms with Gasteiger partial charge in [-0.15, -0.1) is 5.10 Å². The summed E-state index contributed by atoms with van der Waals surface area (Å²) >= 11 is 0. The second-order valence-electron chi connectivity index (χ2n) is 3.69. The van der Waals surface area contributed by atoms with Crippen LogP contribution in [0.5, 0.6) is 0 Å². The first-order valence-corrected chi connectivity index (χ1v) is 5.14. The van der Waals surface area contributed by atoms with Crippen LogP contribution in [0.15, 0.2) is 12.3 Å². The minimum atomic E-state index is -4.53. The summed E-state index contributed by atoms with van der Waals surface area (Å²) in [5.74, 6) is -0.00438. The lowest BCUT2D eigenvalue weighted by Crippen LogP contribution is -2.20. The van der Waals surface area contributed by atoms with Gasteiger partial charge in [0.15, 0.2) is 5.69 Å². The highest BCUT2D eigenvalue weighted by Crippen LogP contribution is 2.27. The molecule has 0 aliphatic rings. The zero-order valence-electron chi connectivity index (χ0n) is 9.69. The van der Waals surface area contributed by atoms with Gasteiger partial charge in [0.05, 0.1) is 0 Å². The maximum Gasteiger partial charge on any atom is 0.435 e. The Labute approximate surface area is 104 Å². The number of hydrogen-bond acceptors (Lipinski definition) is 4. The standard InChI is InChI=1S/C9H9F3N6O/c1-5-13-8(16-15-5)14-7(19)4-18-3-2-6(17-18)9(10,11)12/h2-3H,4H2,1H3,(H2,13,14,15,16,19). The second kappa shape index (κ2) is 4.71. The Morgan fingerprint density at radius 1 is 1.53 bits per heavy atom. The van der Waals surface area contributed by atoms with Crippen LogP contribution in [0.2, 0.25) is 0 Å². The third-order valence-corrected chi connectivity index (χ3v) is 2.09. The summed E-state index contributed by atoms with van der Waals surface area (Å²) in [6.07, 6.45) is -3.45. The van der Waals surface area contributed by atoms with Crippen molar-refractivity contribution < 1.29 is 18.0 Å². The first-order valence-electron chi connectivity index (χ1n) is 5.14. The van der Waals surface area contributed by atoms with E-state index in [1.165, 1.54) is 0 Å². The number of aryl methyl sites for hydroxylation is 1. The predicted octanol–water partition coefficient (Wildman–Crippen LogP) is 0.967. The van der Waals surface area contributed by atoms with E-state index >= 15 is 0 Å². The Kier molecular flexibility index (Phi) is 3.23. The van der Waals surface area contributed by atoms with Crippen molar-refractivity contribution in [2.75, 3.05) is 5.32 Å². The largest absolute Gasteiger partial charge is 0.435 e. The fourth-order valence-corrected chi connectivity index (χ4v) is 1.31. The Morgan fingerprint density at radius 2 is 2.26 bits per heavy atom. The van der Waals surface area contributed by atoms with Gasteiger partial charge in [0, 0.05) is 6.20 Å². The van der Waals surface area contributed by atoms with E-state index in [-0.39, 0.29) is 12.5 Å². The molecule has 0 aliphatic carbocycles. The first kappa shape index (κ1) is 13.1. The van der Waals surface area contributed by atoms with Crippen molar-refractivity contribution in [3.63, 3.8) is 0 Å². The molecule has 0 aromatic carbocycles. The summed E-state index contributed by atoms with van der Waals surface area (Å²) in [4.78, 5) is 15.3. The van der Waals surface area contributed by atoms with Gasteiger partial charge in [-0.25, -0.2) is 0 Å². The number of halogens is 3. The smallest absolute Gasteiger partial charge is 0.292 e. The maximum atomic E-state index is 12.3. The molecule has 0 unspecified atom stereocenters. The number of carbonyl (C=O) groups is 1. The molecule has 102 valence electrons. The molecular formula is C9H9F3N6O. The van der Waals surface area contributed by atoms with Crippen molar-refractivity contribution in [1.29, 1.82) is 0 Å². The van der Waals surface area contributed by atoms with Crippen LogP contribution in [0.1, 0.15) is 11.5 Å². The Hall–Kier alpha value is -2.39. The highest BCUT2D eigenvalue weighted by molar-refractivity contribution is 5.88. The number of anilines is 1. The van der Waals surface area contributed by atoms with Crippen LogP contribution in [0.3, 0.4) is 0 Å². The van der Waals surface area contributed by atoms with Crippen LogP contribution in [0, 0.1) is 6.92 Å². The molecule has 2 aromatic heterocycles. The van der Waals surface area contributed by atoms with Crippen LogP contribution in [-0.2, 0) is 17.5 Å². The van der Waals surface area contributed by atoms with E-state index in [9.17, 15) is 18.0 Å². The highest BCUT2D eigenvalue weighted by atomic mass is 19.4. The molecule has 10 heteroatoms. The molecule has 19 heavy (non-hydrogen) atoms. The van der Waals surface area contributed by atoms with Crippen molar-refractivity contribution in [3.05, 3.63) is 23.8 Å². The van der Waals surface area contributed by atoms with Crippen LogP contribution in [0.25, 0.3) is 0 Å². The normalized spacial score (nSPS) is 11.6. The lowest BCUT2D eigenvalue weighted by Gasteiger charge is -2.02. The van der Waals surface area contributed by atoms with E-state index in [1.54, 1.807) is 6.92 Å². The average Bonchev–Trinajstić information content (AvgIpc) is 2.87. The van der Waals surface area contributed by atoms with Crippen molar-refractivity contribution in [2.24, 2.45) is 0 Å². The molecule has 0 bridgehead atoms. The molecule has 0 spiro atoms. The van der Waals surface area contributed by atoms with Crippen molar-refractivity contribution in [1.82, 2.24) is 25.0 Å². The summed E-state index contributed by atoms with van der Waals surface area (Å²) in [5, 5.41) is 11.8. The van der Waals surface area contributed by atoms with Gasteiger partial charge in [-0.05, 0) is 13.0 Å². The molecule has 2 aromatic rings. The number of aromatic nitrogens is 5. The van der Waals surface area contributed by atoms with Crippen LogP contribution in [0.4, 0.5) is 19.1 Å². The number of carbonyl (C=O) groups excluding carboxylic acids is 1. The number of hydrogen-bond donors (Lipinski definition) is 2. The number of aromatic amines is 1. The molecule has 2 heterocycles. The van der Waals surface area contributed by atoms with E-state index in [0.717, 1.165) is 16.9 Å².